The van der Waals surface area contributed by atoms with Gasteiger partial charge < -0.3 is 0 Å². The highest BCUT2D eigenvalue weighted by Gasteiger charge is 2.19. The Balaban J connectivity index is 1.92. The first-order valence-electron chi connectivity index (χ1n) is 10.6. The van der Waals surface area contributed by atoms with Gasteiger partial charge in [-0.25, -0.2) is 9.83 Å². The Morgan fingerprint density at radius 3 is 2.45 bits per heavy atom. The quantitative estimate of drug-likeness (QED) is 0.284. The summed E-state index contributed by atoms with van der Waals surface area (Å²) < 4.78 is 2.29. The van der Waals surface area contributed by atoms with Gasteiger partial charge in [-0.2, -0.15) is 0 Å². The highest BCUT2D eigenvalue weighted by molar-refractivity contribution is 6.06. The average Bonchev–Trinajstić information content (AvgIpc) is 3.19. The standard InChI is InChI=1S/C28H23N3/c1-19(2)17-22-18-23(29-3)14-16-26(22)31-27-24-12-8-7-9-20(24)13-15-25(27)30-28(31)21-10-5-4-6-11-21/h4-16,18-19H,17H2,1-2H3. The van der Waals surface area contributed by atoms with Crippen LogP contribution in [0.5, 0.6) is 0 Å². The van der Waals surface area contributed by atoms with Crippen LogP contribution >= 0.6 is 0 Å². The van der Waals surface area contributed by atoms with E-state index in [2.05, 4.69) is 77.9 Å². The van der Waals surface area contributed by atoms with Crippen LogP contribution in [0.15, 0.2) is 84.9 Å². The molecule has 0 radical (unpaired) electrons. The van der Waals surface area contributed by atoms with Crippen LogP contribution in [0.3, 0.4) is 0 Å². The lowest BCUT2D eigenvalue weighted by atomic mass is 10.00. The number of rotatable bonds is 4. The second-order valence-corrected chi connectivity index (χ2v) is 8.31. The van der Waals surface area contributed by atoms with Gasteiger partial charge in [0, 0.05) is 16.6 Å². The largest absolute Gasteiger partial charge is 0.292 e. The lowest BCUT2D eigenvalue weighted by molar-refractivity contribution is 0.645. The van der Waals surface area contributed by atoms with Gasteiger partial charge in [0.15, 0.2) is 5.69 Å². The minimum absolute atomic E-state index is 0.478. The zero-order valence-corrected chi connectivity index (χ0v) is 17.7. The summed E-state index contributed by atoms with van der Waals surface area (Å²) >= 11 is 0. The molecule has 0 fully saturated rings. The Morgan fingerprint density at radius 2 is 1.68 bits per heavy atom. The summed E-state index contributed by atoms with van der Waals surface area (Å²) in [6.45, 7) is 11.9. The summed E-state index contributed by atoms with van der Waals surface area (Å²) in [5.41, 5.74) is 6.11. The molecule has 4 aromatic carbocycles. The third-order valence-electron chi connectivity index (χ3n) is 5.63. The molecule has 0 unspecified atom stereocenters. The van der Waals surface area contributed by atoms with Crippen molar-refractivity contribution in [3.8, 4) is 17.1 Å². The van der Waals surface area contributed by atoms with E-state index in [1.165, 1.54) is 16.3 Å². The van der Waals surface area contributed by atoms with Crippen molar-refractivity contribution in [2.75, 3.05) is 0 Å². The van der Waals surface area contributed by atoms with Crippen LogP contribution in [0.25, 0.3) is 43.7 Å². The molecule has 1 heterocycles. The van der Waals surface area contributed by atoms with Crippen LogP contribution < -0.4 is 0 Å². The van der Waals surface area contributed by atoms with Crippen LogP contribution in [0.2, 0.25) is 0 Å². The monoisotopic (exact) mass is 401 g/mol. The fourth-order valence-corrected chi connectivity index (χ4v) is 4.32. The molecule has 0 saturated carbocycles. The van der Waals surface area contributed by atoms with Gasteiger partial charge in [0.05, 0.1) is 17.6 Å². The summed E-state index contributed by atoms with van der Waals surface area (Å²) in [5.74, 6) is 1.40. The summed E-state index contributed by atoms with van der Waals surface area (Å²) in [6.07, 6.45) is 0.900. The van der Waals surface area contributed by atoms with Crippen LogP contribution in [0.4, 0.5) is 5.69 Å². The molecule has 5 aromatic rings. The van der Waals surface area contributed by atoms with E-state index in [1.807, 2.05) is 30.3 Å². The van der Waals surface area contributed by atoms with Crippen molar-refractivity contribution in [1.82, 2.24) is 9.55 Å². The lowest BCUT2D eigenvalue weighted by Crippen LogP contribution is -2.05. The number of fused-ring (bicyclic) bond motifs is 3. The highest BCUT2D eigenvalue weighted by atomic mass is 15.1. The van der Waals surface area contributed by atoms with E-state index in [0.29, 0.717) is 11.6 Å². The summed E-state index contributed by atoms with van der Waals surface area (Å²) in [5, 5.41) is 2.37. The third kappa shape index (κ3) is 3.37. The first kappa shape index (κ1) is 19.1. The van der Waals surface area contributed by atoms with Crippen molar-refractivity contribution in [3.63, 3.8) is 0 Å². The van der Waals surface area contributed by atoms with Gasteiger partial charge in [0.2, 0.25) is 0 Å². The van der Waals surface area contributed by atoms with E-state index >= 15 is 0 Å². The van der Waals surface area contributed by atoms with Crippen molar-refractivity contribution < 1.29 is 0 Å². The zero-order valence-electron chi connectivity index (χ0n) is 17.7. The van der Waals surface area contributed by atoms with Gasteiger partial charge in [0.1, 0.15) is 5.82 Å². The molecule has 3 heteroatoms. The van der Waals surface area contributed by atoms with Crippen molar-refractivity contribution in [1.29, 1.82) is 0 Å². The molecule has 3 nitrogen and oxygen atoms in total. The molecule has 0 atom stereocenters. The van der Waals surface area contributed by atoms with Crippen LogP contribution in [-0.4, -0.2) is 9.55 Å². The topological polar surface area (TPSA) is 22.2 Å². The molecule has 0 aliphatic heterocycles. The molecule has 5 rings (SSSR count). The van der Waals surface area contributed by atoms with Crippen molar-refractivity contribution >= 4 is 27.5 Å². The smallest absolute Gasteiger partial charge is 0.187 e. The maximum Gasteiger partial charge on any atom is 0.187 e. The molecule has 0 saturated heterocycles. The van der Waals surface area contributed by atoms with E-state index in [1.54, 1.807) is 0 Å². The normalized spacial score (nSPS) is 11.3. The summed E-state index contributed by atoms with van der Waals surface area (Å²) in [6, 6.07) is 29.1. The zero-order chi connectivity index (χ0) is 21.4. The average molecular weight is 402 g/mol. The maximum atomic E-state index is 7.49. The Labute approximate surface area is 182 Å². The van der Waals surface area contributed by atoms with Gasteiger partial charge >= 0.3 is 0 Å². The van der Waals surface area contributed by atoms with Crippen LogP contribution in [0.1, 0.15) is 19.4 Å². The van der Waals surface area contributed by atoms with Crippen molar-refractivity contribution in [2.24, 2.45) is 5.92 Å². The highest BCUT2D eigenvalue weighted by Crippen LogP contribution is 2.35. The van der Waals surface area contributed by atoms with Crippen molar-refractivity contribution in [2.45, 2.75) is 20.3 Å². The first-order chi connectivity index (χ1) is 15.2. The predicted octanol–water partition coefficient (Wildman–Crippen LogP) is 7.59. The molecule has 31 heavy (non-hydrogen) atoms. The van der Waals surface area contributed by atoms with Crippen LogP contribution in [-0.2, 0) is 6.42 Å². The fraction of sp³-hybridized carbons (Fsp3) is 0.143. The first-order valence-corrected chi connectivity index (χ1v) is 10.6. The molecule has 150 valence electrons. The maximum absolute atomic E-state index is 7.49. The van der Waals surface area contributed by atoms with Crippen molar-refractivity contribution in [3.05, 3.63) is 102 Å². The van der Waals surface area contributed by atoms with E-state index in [9.17, 15) is 0 Å². The Hall–Kier alpha value is -3.90. The molecule has 0 aliphatic rings. The molecule has 0 amide bonds. The molecular weight excluding hydrogens is 378 g/mol. The SMILES string of the molecule is [C-]#[N+]c1ccc(-n2c(-c3ccccc3)nc3ccc4ccccc4c32)c(CC(C)C)c1. The second kappa shape index (κ2) is 7.74. The van der Waals surface area contributed by atoms with E-state index in [0.717, 1.165) is 34.5 Å². The Bertz CT molecular complexity index is 1440. The Morgan fingerprint density at radius 1 is 0.903 bits per heavy atom. The minimum atomic E-state index is 0.478. The van der Waals surface area contributed by atoms with Gasteiger partial charge in [-0.1, -0.05) is 86.6 Å². The van der Waals surface area contributed by atoms with Gasteiger partial charge in [0.25, 0.3) is 0 Å². The van der Waals surface area contributed by atoms with Gasteiger partial charge in [-0.3, -0.25) is 4.57 Å². The summed E-state index contributed by atoms with van der Waals surface area (Å²) in [7, 11) is 0. The fourth-order valence-electron chi connectivity index (χ4n) is 4.32. The summed E-state index contributed by atoms with van der Waals surface area (Å²) in [4.78, 5) is 8.75. The number of benzene rings is 4. The van der Waals surface area contributed by atoms with E-state index in [4.69, 9.17) is 11.6 Å². The van der Waals surface area contributed by atoms with Crippen LogP contribution in [0, 0.1) is 12.5 Å². The number of imidazole rings is 1. The van der Waals surface area contributed by atoms with E-state index < -0.39 is 0 Å². The Kier molecular flexibility index (Phi) is 4.76. The minimum Gasteiger partial charge on any atom is -0.292 e. The molecule has 1 aromatic heterocycles. The molecule has 0 bridgehead atoms. The number of aromatic nitrogens is 2. The molecule has 0 spiro atoms. The second-order valence-electron chi connectivity index (χ2n) is 8.31. The lowest BCUT2D eigenvalue weighted by Gasteiger charge is -2.17. The molecule has 0 N–H and O–H groups in total. The third-order valence-corrected chi connectivity index (χ3v) is 5.63. The predicted molar refractivity (Wildman–Crippen MR) is 129 cm³/mol. The number of nitrogens with zero attached hydrogens (tertiary/aromatic N) is 3. The molecule has 0 aliphatic carbocycles. The van der Waals surface area contributed by atoms with Gasteiger partial charge in [-0.05, 0) is 35.4 Å². The number of hydrogen-bond donors (Lipinski definition) is 0. The van der Waals surface area contributed by atoms with Gasteiger partial charge in [-0.15, -0.1) is 0 Å². The number of hydrogen-bond acceptors (Lipinski definition) is 1. The van der Waals surface area contributed by atoms with E-state index in [-0.39, 0.29) is 0 Å². The molecular formula is C28H23N3.